The van der Waals surface area contributed by atoms with Crippen LogP contribution in [0.5, 0.6) is 5.75 Å². The van der Waals surface area contributed by atoms with Gasteiger partial charge in [-0.2, -0.15) is 5.21 Å². The van der Waals surface area contributed by atoms with E-state index in [4.69, 9.17) is 17.3 Å². The number of nitrogens with zero attached hydrogens (tertiary/aromatic N) is 3. The molecule has 3 N–H and O–H groups in total. The van der Waals surface area contributed by atoms with Crippen LogP contribution in [-0.2, 0) is 11.2 Å². The lowest BCUT2D eigenvalue weighted by atomic mass is 9.88. The number of carbonyl (C=O) groups is 1. The van der Waals surface area contributed by atoms with Gasteiger partial charge in [-0.25, -0.2) is 4.39 Å². The SMILES string of the molecule is NC(=O)CC(Cc1ccc(OC(F)(F)F)c(Cl)c1)c1cc(F)cc(-c2nn[nH]n2)c1. The first-order valence-corrected chi connectivity index (χ1v) is 8.85. The second-order valence-corrected chi connectivity index (χ2v) is 6.80. The number of tetrazole rings is 1. The lowest BCUT2D eigenvalue weighted by Gasteiger charge is -2.18. The molecule has 2 aromatic carbocycles. The second-order valence-electron chi connectivity index (χ2n) is 6.39. The highest BCUT2D eigenvalue weighted by molar-refractivity contribution is 6.32. The fraction of sp³-hybridized carbons (Fsp3) is 0.222. The van der Waals surface area contributed by atoms with E-state index in [-0.39, 0.29) is 23.7 Å². The van der Waals surface area contributed by atoms with Gasteiger partial charge in [-0.3, -0.25) is 4.79 Å². The van der Waals surface area contributed by atoms with Gasteiger partial charge in [0.15, 0.2) is 0 Å². The minimum absolute atomic E-state index is 0.131. The highest BCUT2D eigenvalue weighted by atomic mass is 35.5. The van der Waals surface area contributed by atoms with Crippen LogP contribution in [-0.4, -0.2) is 32.9 Å². The molecule has 0 bridgehead atoms. The molecule has 0 saturated carbocycles. The van der Waals surface area contributed by atoms with Crippen LogP contribution >= 0.6 is 11.6 Å². The first-order valence-electron chi connectivity index (χ1n) is 8.47. The molecule has 1 heterocycles. The summed E-state index contributed by atoms with van der Waals surface area (Å²) in [6.45, 7) is 0. The Morgan fingerprint density at radius 2 is 2.00 bits per heavy atom. The number of nitrogens with one attached hydrogen (secondary N) is 1. The summed E-state index contributed by atoms with van der Waals surface area (Å²) in [5.74, 6) is -2.19. The average Bonchev–Trinajstić information content (AvgIpc) is 3.16. The molecule has 0 spiro atoms. The monoisotopic (exact) mass is 443 g/mol. The smallest absolute Gasteiger partial charge is 0.404 e. The van der Waals surface area contributed by atoms with Crippen LogP contribution in [0, 0.1) is 5.82 Å². The fourth-order valence-corrected chi connectivity index (χ4v) is 3.22. The van der Waals surface area contributed by atoms with Crippen molar-refractivity contribution in [2.75, 3.05) is 0 Å². The van der Waals surface area contributed by atoms with Crippen LogP contribution in [0.25, 0.3) is 11.4 Å². The normalized spacial score (nSPS) is 12.6. The molecule has 0 radical (unpaired) electrons. The minimum atomic E-state index is -4.88. The Bertz CT molecular complexity index is 1040. The van der Waals surface area contributed by atoms with Gasteiger partial charge in [0.1, 0.15) is 11.6 Å². The predicted octanol–water partition coefficient (Wildman–Crippen LogP) is 3.76. The summed E-state index contributed by atoms with van der Waals surface area (Å²) in [6.07, 6.45) is -4.86. The number of benzene rings is 2. The van der Waals surface area contributed by atoms with Crippen LogP contribution in [0.15, 0.2) is 36.4 Å². The molecule has 0 fully saturated rings. The van der Waals surface area contributed by atoms with Crippen LogP contribution in [0.2, 0.25) is 5.02 Å². The Labute approximate surface area is 172 Å². The predicted molar refractivity (Wildman–Crippen MR) is 98.0 cm³/mol. The zero-order valence-corrected chi connectivity index (χ0v) is 15.8. The van der Waals surface area contributed by atoms with E-state index < -0.39 is 29.8 Å². The van der Waals surface area contributed by atoms with E-state index in [2.05, 4.69) is 25.4 Å². The third kappa shape index (κ3) is 5.66. The van der Waals surface area contributed by atoms with Gasteiger partial charge in [-0.1, -0.05) is 17.7 Å². The number of aromatic amines is 1. The number of hydrogen-bond acceptors (Lipinski definition) is 5. The Kier molecular flexibility index (Phi) is 6.20. The van der Waals surface area contributed by atoms with E-state index in [1.165, 1.54) is 24.3 Å². The number of hydrogen-bond donors (Lipinski definition) is 2. The maximum Gasteiger partial charge on any atom is 0.573 e. The van der Waals surface area contributed by atoms with Gasteiger partial charge in [0, 0.05) is 12.0 Å². The number of amides is 1. The van der Waals surface area contributed by atoms with Crippen LogP contribution in [0.3, 0.4) is 0 Å². The summed E-state index contributed by atoms with van der Waals surface area (Å²) in [6, 6.07) is 7.76. The van der Waals surface area contributed by atoms with Crippen LogP contribution in [0.4, 0.5) is 17.6 Å². The number of primary amides is 1. The molecule has 12 heteroatoms. The summed E-state index contributed by atoms with van der Waals surface area (Å²) in [7, 11) is 0. The van der Waals surface area contributed by atoms with Crippen molar-refractivity contribution < 1.29 is 27.1 Å². The average molecular weight is 444 g/mol. The molecule has 1 atom stereocenters. The summed E-state index contributed by atoms with van der Waals surface area (Å²) in [5, 5.41) is 13.0. The van der Waals surface area contributed by atoms with Gasteiger partial charge in [-0.05, 0) is 59.0 Å². The van der Waals surface area contributed by atoms with Crippen LogP contribution in [0.1, 0.15) is 23.5 Å². The van der Waals surface area contributed by atoms with Crippen molar-refractivity contribution in [3.63, 3.8) is 0 Å². The number of alkyl halides is 3. The van der Waals surface area contributed by atoms with Crippen molar-refractivity contribution in [3.8, 4) is 17.1 Å². The highest BCUT2D eigenvalue weighted by Crippen LogP contribution is 2.33. The Morgan fingerprint density at radius 1 is 1.23 bits per heavy atom. The fourth-order valence-electron chi connectivity index (χ4n) is 2.98. The van der Waals surface area contributed by atoms with Gasteiger partial charge >= 0.3 is 6.36 Å². The number of halogens is 5. The van der Waals surface area contributed by atoms with Crippen molar-refractivity contribution in [1.29, 1.82) is 0 Å². The molecule has 158 valence electrons. The topological polar surface area (TPSA) is 107 Å². The summed E-state index contributed by atoms with van der Waals surface area (Å²) >= 11 is 5.89. The van der Waals surface area contributed by atoms with Gasteiger partial charge in [0.25, 0.3) is 0 Å². The lowest BCUT2D eigenvalue weighted by Crippen LogP contribution is -2.18. The first kappa shape index (κ1) is 21.5. The molecule has 1 amide bonds. The number of carbonyl (C=O) groups excluding carboxylic acids is 1. The van der Waals surface area contributed by atoms with E-state index in [9.17, 15) is 22.4 Å². The molecular formula is C18H14ClF4N5O2. The quantitative estimate of drug-likeness (QED) is 0.541. The molecule has 3 aromatic rings. The molecule has 0 aliphatic rings. The number of rotatable bonds is 7. The highest BCUT2D eigenvalue weighted by Gasteiger charge is 2.32. The Hall–Kier alpha value is -3.21. The number of ether oxygens (including phenoxy) is 1. The third-order valence-corrected chi connectivity index (χ3v) is 4.44. The van der Waals surface area contributed by atoms with Crippen molar-refractivity contribution in [2.45, 2.75) is 25.1 Å². The Morgan fingerprint density at radius 3 is 2.60 bits per heavy atom. The summed E-state index contributed by atoms with van der Waals surface area (Å²) in [5.41, 5.74) is 6.61. The minimum Gasteiger partial charge on any atom is -0.404 e. The van der Waals surface area contributed by atoms with Crippen molar-refractivity contribution in [1.82, 2.24) is 20.6 Å². The largest absolute Gasteiger partial charge is 0.573 e. The van der Waals surface area contributed by atoms with Crippen molar-refractivity contribution in [2.24, 2.45) is 5.73 Å². The first-order chi connectivity index (χ1) is 14.1. The van der Waals surface area contributed by atoms with Gasteiger partial charge in [0.05, 0.1) is 5.02 Å². The Balaban J connectivity index is 1.91. The van der Waals surface area contributed by atoms with Crippen LogP contribution < -0.4 is 10.5 Å². The zero-order valence-electron chi connectivity index (χ0n) is 15.1. The number of aromatic nitrogens is 4. The molecule has 0 saturated heterocycles. The molecule has 7 nitrogen and oxygen atoms in total. The maximum atomic E-state index is 14.2. The summed E-state index contributed by atoms with van der Waals surface area (Å²) in [4.78, 5) is 11.6. The molecule has 0 aliphatic heterocycles. The molecule has 1 unspecified atom stereocenters. The lowest BCUT2D eigenvalue weighted by molar-refractivity contribution is -0.274. The van der Waals surface area contributed by atoms with Gasteiger partial charge in [0.2, 0.25) is 11.7 Å². The van der Waals surface area contributed by atoms with Gasteiger partial charge < -0.3 is 10.5 Å². The number of H-pyrrole nitrogens is 1. The molecule has 0 aliphatic carbocycles. The molecular weight excluding hydrogens is 430 g/mol. The molecule has 30 heavy (non-hydrogen) atoms. The second kappa shape index (κ2) is 8.66. The molecule has 1 aromatic heterocycles. The van der Waals surface area contributed by atoms with E-state index in [1.54, 1.807) is 6.07 Å². The standard InChI is InChI=1S/C18H14ClF4N5O2/c19-14-4-9(1-2-15(14)30-18(21,22)23)3-10(8-16(24)29)11-5-12(7-13(20)6-11)17-25-27-28-26-17/h1-2,4-7,10H,3,8H2,(H2,24,29)(H,25,26,27,28). The van der Waals surface area contributed by atoms with Gasteiger partial charge in [-0.15, -0.1) is 23.4 Å². The third-order valence-electron chi connectivity index (χ3n) is 4.15. The molecule has 3 rings (SSSR count). The zero-order chi connectivity index (χ0) is 21.9. The van der Waals surface area contributed by atoms with E-state index in [1.807, 2.05) is 0 Å². The van der Waals surface area contributed by atoms with E-state index in [0.717, 1.165) is 6.07 Å². The van der Waals surface area contributed by atoms with E-state index >= 15 is 0 Å². The van der Waals surface area contributed by atoms with E-state index in [0.29, 0.717) is 16.7 Å². The van der Waals surface area contributed by atoms with Crippen molar-refractivity contribution in [3.05, 3.63) is 58.4 Å². The number of nitrogens with two attached hydrogens (primary N) is 1. The summed E-state index contributed by atoms with van der Waals surface area (Å²) < 4.78 is 55.2. The maximum absolute atomic E-state index is 14.2. The van der Waals surface area contributed by atoms with Crippen molar-refractivity contribution >= 4 is 17.5 Å².